The topological polar surface area (TPSA) is 15.3 Å². The molecule has 100 valence electrons. The molecule has 0 saturated carbocycles. The van der Waals surface area contributed by atoms with E-state index in [0.717, 1.165) is 26.2 Å². The Bertz CT molecular complexity index is 382. The van der Waals surface area contributed by atoms with E-state index in [1.54, 1.807) is 0 Å². The Kier molecular flexibility index (Phi) is 4.23. The van der Waals surface area contributed by atoms with Gasteiger partial charge < -0.3 is 10.2 Å². The van der Waals surface area contributed by atoms with Crippen LogP contribution in [0, 0.1) is 5.92 Å². The van der Waals surface area contributed by atoms with E-state index in [1.807, 2.05) is 0 Å². The molecule has 18 heavy (non-hydrogen) atoms. The molecule has 1 heterocycles. The molecule has 0 aromatic rings. The minimum atomic E-state index is -0.0719. The molecule has 1 aliphatic heterocycles. The van der Waals surface area contributed by atoms with Gasteiger partial charge in [-0.2, -0.15) is 12.6 Å². The highest BCUT2D eigenvalue weighted by molar-refractivity contribution is 7.82. The predicted octanol–water partition coefficient (Wildman–Crippen LogP) is 2.62. The van der Waals surface area contributed by atoms with Crippen LogP contribution in [0.3, 0.4) is 0 Å². The molecule has 1 aliphatic carbocycles. The zero-order valence-electron chi connectivity index (χ0n) is 11.6. The smallest absolute Gasteiger partial charge is 0.0332 e. The van der Waals surface area contributed by atoms with Gasteiger partial charge in [0.15, 0.2) is 0 Å². The third kappa shape index (κ3) is 3.42. The quantitative estimate of drug-likeness (QED) is 0.745. The summed E-state index contributed by atoms with van der Waals surface area (Å²) < 4.78 is -0.0719. The highest BCUT2D eigenvalue weighted by atomic mass is 32.1. The third-order valence-electron chi connectivity index (χ3n) is 3.50. The van der Waals surface area contributed by atoms with Crippen molar-refractivity contribution in [2.45, 2.75) is 25.5 Å². The molecule has 0 amide bonds. The standard InChI is InChI=1S/C15H24N2S/c1-12-10-13(15(2,3)18)4-5-14(11-12)17-8-6-16-7-9-17/h4-5,10-12,16,18H,6-9H2,1-3H3. The van der Waals surface area contributed by atoms with Crippen molar-refractivity contribution in [1.29, 1.82) is 0 Å². The molecule has 0 bridgehead atoms. The number of rotatable bonds is 2. The van der Waals surface area contributed by atoms with Gasteiger partial charge in [0.05, 0.1) is 0 Å². The Morgan fingerprint density at radius 3 is 2.50 bits per heavy atom. The number of allylic oxidation sites excluding steroid dienone is 4. The van der Waals surface area contributed by atoms with Crippen molar-refractivity contribution in [3.05, 3.63) is 35.6 Å². The molecule has 1 atom stereocenters. The molecular weight excluding hydrogens is 240 g/mol. The van der Waals surface area contributed by atoms with E-state index in [2.05, 4.69) is 67.9 Å². The fourth-order valence-corrected chi connectivity index (χ4v) is 2.58. The Morgan fingerprint density at radius 1 is 1.22 bits per heavy atom. The summed E-state index contributed by atoms with van der Waals surface area (Å²) in [4.78, 5) is 2.46. The van der Waals surface area contributed by atoms with Crippen molar-refractivity contribution in [3.63, 3.8) is 0 Å². The first kappa shape index (κ1) is 13.8. The van der Waals surface area contributed by atoms with Crippen LogP contribution < -0.4 is 5.32 Å². The van der Waals surface area contributed by atoms with Gasteiger partial charge >= 0.3 is 0 Å². The Morgan fingerprint density at radius 2 is 1.89 bits per heavy atom. The van der Waals surface area contributed by atoms with E-state index < -0.39 is 0 Å². The number of hydrogen-bond acceptors (Lipinski definition) is 3. The monoisotopic (exact) mass is 264 g/mol. The minimum absolute atomic E-state index is 0.0719. The zero-order valence-corrected chi connectivity index (χ0v) is 12.5. The van der Waals surface area contributed by atoms with Gasteiger partial charge in [-0.1, -0.05) is 25.2 Å². The highest BCUT2D eigenvalue weighted by Gasteiger charge is 2.19. The lowest BCUT2D eigenvalue weighted by atomic mass is 9.98. The first-order valence-corrected chi connectivity index (χ1v) is 7.22. The van der Waals surface area contributed by atoms with Gasteiger partial charge in [-0.15, -0.1) is 0 Å². The number of hydrogen-bond donors (Lipinski definition) is 2. The van der Waals surface area contributed by atoms with Gasteiger partial charge in [0.2, 0.25) is 0 Å². The van der Waals surface area contributed by atoms with Gasteiger partial charge in [0.1, 0.15) is 0 Å². The Hall–Kier alpha value is -0.670. The SMILES string of the molecule is CC1C=C(N2CCNCC2)C=CC(C(C)(C)S)=C1. The fraction of sp³-hybridized carbons (Fsp3) is 0.600. The van der Waals surface area contributed by atoms with Gasteiger partial charge in [-0.3, -0.25) is 0 Å². The number of nitrogens with one attached hydrogen (secondary N) is 1. The summed E-state index contributed by atoms with van der Waals surface area (Å²) in [6, 6.07) is 0. The summed E-state index contributed by atoms with van der Waals surface area (Å²) in [5.41, 5.74) is 2.66. The maximum Gasteiger partial charge on any atom is 0.0332 e. The van der Waals surface area contributed by atoms with Crippen LogP contribution >= 0.6 is 12.6 Å². The largest absolute Gasteiger partial charge is 0.369 e. The molecule has 1 N–H and O–H groups in total. The van der Waals surface area contributed by atoms with E-state index in [4.69, 9.17) is 0 Å². The molecular formula is C15H24N2S. The molecule has 0 radical (unpaired) electrons. The maximum atomic E-state index is 4.68. The van der Waals surface area contributed by atoms with Crippen LogP contribution in [0.15, 0.2) is 35.6 Å². The van der Waals surface area contributed by atoms with Gasteiger partial charge in [-0.05, 0) is 31.4 Å². The van der Waals surface area contributed by atoms with Crippen molar-refractivity contribution in [1.82, 2.24) is 10.2 Å². The number of thiol groups is 1. The van der Waals surface area contributed by atoms with Crippen LogP contribution in [-0.2, 0) is 0 Å². The molecule has 0 aromatic heterocycles. The van der Waals surface area contributed by atoms with Crippen molar-refractivity contribution in [2.24, 2.45) is 5.92 Å². The van der Waals surface area contributed by atoms with Crippen LogP contribution in [0.2, 0.25) is 0 Å². The van der Waals surface area contributed by atoms with Crippen LogP contribution in [0.1, 0.15) is 20.8 Å². The second kappa shape index (κ2) is 5.54. The first-order chi connectivity index (χ1) is 8.47. The van der Waals surface area contributed by atoms with Crippen LogP contribution in [-0.4, -0.2) is 35.8 Å². The van der Waals surface area contributed by atoms with Gasteiger partial charge in [0.25, 0.3) is 0 Å². The third-order valence-corrected chi connectivity index (χ3v) is 3.76. The van der Waals surface area contributed by atoms with E-state index >= 15 is 0 Å². The summed E-state index contributed by atoms with van der Waals surface area (Å²) in [7, 11) is 0. The minimum Gasteiger partial charge on any atom is -0.369 e. The van der Waals surface area contributed by atoms with Crippen LogP contribution in [0.5, 0.6) is 0 Å². The summed E-state index contributed by atoms with van der Waals surface area (Å²) in [6.07, 6.45) is 9.15. The summed E-state index contributed by atoms with van der Waals surface area (Å²) in [6.45, 7) is 10.9. The second-order valence-corrected chi connectivity index (χ2v) is 6.82. The number of nitrogens with zero attached hydrogens (tertiary/aromatic N) is 1. The summed E-state index contributed by atoms with van der Waals surface area (Å²) >= 11 is 4.68. The molecule has 2 nitrogen and oxygen atoms in total. The molecule has 0 aromatic carbocycles. The average Bonchev–Trinajstić information content (AvgIpc) is 2.52. The lowest BCUT2D eigenvalue weighted by Gasteiger charge is -2.30. The van der Waals surface area contributed by atoms with Gasteiger partial charge in [-0.25, -0.2) is 0 Å². The second-order valence-electron chi connectivity index (χ2n) is 5.70. The van der Waals surface area contributed by atoms with Crippen LogP contribution in [0.25, 0.3) is 0 Å². The van der Waals surface area contributed by atoms with Crippen molar-refractivity contribution in [3.8, 4) is 0 Å². The first-order valence-electron chi connectivity index (χ1n) is 6.77. The fourth-order valence-electron chi connectivity index (χ4n) is 2.43. The van der Waals surface area contributed by atoms with E-state index in [0.29, 0.717) is 5.92 Å². The lowest BCUT2D eigenvalue weighted by Crippen LogP contribution is -2.42. The van der Waals surface area contributed by atoms with Crippen molar-refractivity contribution in [2.75, 3.05) is 26.2 Å². The van der Waals surface area contributed by atoms with Crippen LogP contribution in [0.4, 0.5) is 0 Å². The van der Waals surface area contributed by atoms with Gasteiger partial charge in [0, 0.05) is 36.6 Å². The average molecular weight is 264 g/mol. The lowest BCUT2D eigenvalue weighted by molar-refractivity contribution is 0.306. The molecule has 3 heteroatoms. The zero-order chi connectivity index (χ0) is 13.2. The summed E-state index contributed by atoms with van der Waals surface area (Å²) in [5, 5.41) is 3.40. The maximum absolute atomic E-state index is 4.68. The highest BCUT2D eigenvalue weighted by Crippen LogP contribution is 2.29. The number of piperazine rings is 1. The van der Waals surface area contributed by atoms with E-state index in [1.165, 1.54) is 11.3 Å². The normalized spacial score (nSPS) is 25.6. The molecule has 1 fully saturated rings. The Balaban J connectivity index is 2.16. The summed E-state index contributed by atoms with van der Waals surface area (Å²) in [5.74, 6) is 0.464. The Labute approximate surface area is 116 Å². The molecule has 2 rings (SSSR count). The van der Waals surface area contributed by atoms with Crippen molar-refractivity contribution >= 4 is 12.6 Å². The molecule has 1 unspecified atom stereocenters. The van der Waals surface area contributed by atoms with E-state index in [-0.39, 0.29) is 4.75 Å². The van der Waals surface area contributed by atoms with E-state index in [9.17, 15) is 0 Å². The van der Waals surface area contributed by atoms with Crippen molar-refractivity contribution < 1.29 is 0 Å². The predicted molar refractivity (Wildman–Crippen MR) is 82.0 cm³/mol. The molecule has 2 aliphatic rings. The molecule has 0 spiro atoms. The molecule has 1 saturated heterocycles.